The lowest BCUT2D eigenvalue weighted by molar-refractivity contribution is 0.0934. The highest BCUT2D eigenvalue weighted by Gasteiger charge is 2.09. The highest BCUT2D eigenvalue weighted by Crippen LogP contribution is 2.22. The van der Waals surface area contributed by atoms with E-state index in [2.05, 4.69) is 17.1 Å². The molecule has 3 aromatic carbocycles. The van der Waals surface area contributed by atoms with E-state index in [4.69, 9.17) is 4.74 Å². The Kier molecular flexibility index (Phi) is 4.67. The molecule has 0 saturated heterocycles. The summed E-state index contributed by atoms with van der Waals surface area (Å²) in [6, 6.07) is 26.0. The number of aliphatic hydroxyl groups is 1. The van der Waals surface area contributed by atoms with Crippen LogP contribution in [0.1, 0.15) is 0 Å². The maximum atomic E-state index is 10.3. The smallest absolute Gasteiger partial charge is 0.119 e. The van der Waals surface area contributed by atoms with Crippen LogP contribution >= 0.6 is 0 Å². The van der Waals surface area contributed by atoms with Crippen LogP contribution in [0.25, 0.3) is 22.2 Å². The fourth-order valence-corrected chi connectivity index (χ4v) is 3.00. The van der Waals surface area contributed by atoms with Crippen molar-refractivity contribution in [3.63, 3.8) is 0 Å². The summed E-state index contributed by atoms with van der Waals surface area (Å²) >= 11 is 0. The molecule has 4 aromatic rings. The Balaban J connectivity index is 1.36. The number of aromatic nitrogens is 2. The Morgan fingerprint density at radius 1 is 0.846 bits per heavy atom. The van der Waals surface area contributed by atoms with E-state index in [1.807, 2.05) is 71.3 Å². The highest BCUT2D eigenvalue weighted by atomic mass is 16.5. The first kappa shape index (κ1) is 16.4. The summed E-state index contributed by atoms with van der Waals surface area (Å²) in [5, 5.41) is 10.3. The van der Waals surface area contributed by atoms with Gasteiger partial charge >= 0.3 is 0 Å². The Morgan fingerprint density at radius 3 is 2.35 bits per heavy atom. The zero-order valence-corrected chi connectivity index (χ0v) is 14.3. The second-order valence-corrected chi connectivity index (χ2v) is 6.24. The van der Waals surface area contributed by atoms with E-state index >= 15 is 0 Å². The maximum Gasteiger partial charge on any atom is 0.119 e. The molecule has 130 valence electrons. The standard InChI is InChI=1S/C22H20N2O2/c25-19(14-24-16-23-21-8-4-5-9-22(21)24)15-26-20-12-10-18(11-13-20)17-6-2-1-3-7-17/h1-13,16,19,25H,14-15H2/t19-/m1/s1. The molecule has 1 atom stereocenters. The molecule has 0 aliphatic rings. The molecule has 0 unspecified atom stereocenters. The van der Waals surface area contributed by atoms with Gasteiger partial charge in [0, 0.05) is 0 Å². The molecule has 4 nitrogen and oxygen atoms in total. The van der Waals surface area contributed by atoms with E-state index in [-0.39, 0.29) is 6.61 Å². The van der Waals surface area contributed by atoms with Crippen molar-refractivity contribution < 1.29 is 9.84 Å². The number of benzene rings is 3. The van der Waals surface area contributed by atoms with Crippen molar-refractivity contribution in [2.24, 2.45) is 0 Å². The normalized spacial score (nSPS) is 12.2. The lowest BCUT2D eigenvalue weighted by Gasteiger charge is -2.14. The molecule has 1 heterocycles. The molecule has 1 N–H and O–H groups in total. The number of aliphatic hydroxyl groups excluding tert-OH is 1. The van der Waals surface area contributed by atoms with E-state index in [1.54, 1.807) is 6.33 Å². The van der Waals surface area contributed by atoms with Gasteiger partial charge in [0.25, 0.3) is 0 Å². The molecular weight excluding hydrogens is 324 g/mol. The molecule has 4 rings (SSSR count). The van der Waals surface area contributed by atoms with Gasteiger partial charge in [0.15, 0.2) is 0 Å². The van der Waals surface area contributed by atoms with Gasteiger partial charge in [-0.25, -0.2) is 4.98 Å². The van der Waals surface area contributed by atoms with E-state index < -0.39 is 6.10 Å². The number of hydrogen-bond acceptors (Lipinski definition) is 3. The molecule has 0 fully saturated rings. The fraction of sp³-hybridized carbons (Fsp3) is 0.136. The van der Waals surface area contributed by atoms with Crippen molar-refractivity contribution in [2.45, 2.75) is 12.6 Å². The largest absolute Gasteiger partial charge is 0.491 e. The van der Waals surface area contributed by atoms with Crippen molar-refractivity contribution in [1.29, 1.82) is 0 Å². The molecule has 0 radical (unpaired) electrons. The van der Waals surface area contributed by atoms with Gasteiger partial charge in [-0.15, -0.1) is 0 Å². The second kappa shape index (κ2) is 7.42. The fourth-order valence-electron chi connectivity index (χ4n) is 3.00. The molecule has 0 aliphatic heterocycles. The number of nitrogens with zero attached hydrogens (tertiary/aromatic N) is 2. The Labute approximate surface area is 152 Å². The summed E-state index contributed by atoms with van der Waals surface area (Å²) in [6.45, 7) is 0.680. The monoisotopic (exact) mass is 344 g/mol. The highest BCUT2D eigenvalue weighted by molar-refractivity contribution is 5.74. The number of para-hydroxylation sites is 2. The third kappa shape index (κ3) is 3.60. The molecule has 0 saturated carbocycles. The van der Waals surface area contributed by atoms with Crippen LogP contribution in [0, 0.1) is 0 Å². The molecule has 0 bridgehead atoms. The molecule has 1 aromatic heterocycles. The van der Waals surface area contributed by atoms with Gasteiger partial charge in [-0.2, -0.15) is 0 Å². The van der Waals surface area contributed by atoms with Crippen molar-refractivity contribution in [3.05, 3.63) is 85.2 Å². The summed E-state index contributed by atoms with van der Waals surface area (Å²) in [5.41, 5.74) is 4.25. The van der Waals surface area contributed by atoms with Crippen LogP contribution in [0.2, 0.25) is 0 Å². The van der Waals surface area contributed by atoms with Crippen LogP contribution < -0.4 is 4.74 Å². The summed E-state index contributed by atoms with van der Waals surface area (Å²) in [4.78, 5) is 4.34. The molecule has 0 amide bonds. The number of ether oxygens (including phenoxy) is 1. The zero-order valence-electron chi connectivity index (χ0n) is 14.3. The first-order chi connectivity index (χ1) is 12.8. The summed E-state index contributed by atoms with van der Waals surface area (Å²) in [7, 11) is 0. The second-order valence-electron chi connectivity index (χ2n) is 6.24. The van der Waals surface area contributed by atoms with Crippen molar-refractivity contribution in [1.82, 2.24) is 9.55 Å². The molecular formula is C22H20N2O2. The van der Waals surface area contributed by atoms with Gasteiger partial charge in [0.1, 0.15) is 18.5 Å². The van der Waals surface area contributed by atoms with Gasteiger partial charge < -0.3 is 14.4 Å². The van der Waals surface area contributed by atoms with Crippen LogP contribution in [0.15, 0.2) is 85.2 Å². The van der Waals surface area contributed by atoms with E-state index in [1.165, 1.54) is 5.56 Å². The average molecular weight is 344 g/mol. The van der Waals surface area contributed by atoms with Gasteiger partial charge in [-0.3, -0.25) is 0 Å². The molecule has 0 spiro atoms. The SMILES string of the molecule is O[C@@H](COc1ccc(-c2ccccc2)cc1)Cn1cnc2ccccc21. The summed E-state index contributed by atoms with van der Waals surface area (Å²) < 4.78 is 7.68. The van der Waals surface area contributed by atoms with E-state index in [0.29, 0.717) is 6.54 Å². The van der Waals surface area contributed by atoms with Crippen LogP contribution in [0.3, 0.4) is 0 Å². The van der Waals surface area contributed by atoms with Crippen molar-refractivity contribution in [2.75, 3.05) is 6.61 Å². The number of rotatable bonds is 6. The lowest BCUT2D eigenvalue weighted by Crippen LogP contribution is -2.23. The van der Waals surface area contributed by atoms with Gasteiger partial charge in [-0.05, 0) is 35.4 Å². The predicted molar refractivity (Wildman–Crippen MR) is 103 cm³/mol. The zero-order chi connectivity index (χ0) is 17.8. The lowest BCUT2D eigenvalue weighted by atomic mass is 10.1. The number of imidazole rings is 1. The topological polar surface area (TPSA) is 47.3 Å². The predicted octanol–water partition coefficient (Wildman–Crippen LogP) is 4.14. The van der Waals surface area contributed by atoms with Crippen LogP contribution in [-0.4, -0.2) is 27.4 Å². The van der Waals surface area contributed by atoms with E-state index in [9.17, 15) is 5.11 Å². The third-order valence-corrected chi connectivity index (χ3v) is 4.34. The minimum Gasteiger partial charge on any atom is -0.491 e. The number of fused-ring (bicyclic) bond motifs is 1. The first-order valence-corrected chi connectivity index (χ1v) is 8.66. The number of hydrogen-bond donors (Lipinski definition) is 1. The Morgan fingerprint density at radius 2 is 1.54 bits per heavy atom. The summed E-state index contributed by atoms with van der Waals surface area (Å²) in [5.74, 6) is 0.749. The Hall–Kier alpha value is -3.11. The van der Waals surface area contributed by atoms with Crippen LogP contribution in [-0.2, 0) is 6.54 Å². The average Bonchev–Trinajstić information content (AvgIpc) is 3.10. The molecule has 4 heteroatoms. The van der Waals surface area contributed by atoms with E-state index in [0.717, 1.165) is 22.3 Å². The summed E-state index contributed by atoms with van der Waals surface area (Å²) in [6.07, 6.45) is 1.14. The minimum atomic E-state index is -0.610. The maximum absolute atomic E-state index is 10.3. The van der Waals surface area contributed by atoms with Gasteiger partial charge in [0.2, 0.25) is 0 Å². The van der Waals surface area contributed by atoms with Crippen LogP contribution in [0.5, 0.6) is 5.75 Å². The quantitative estimate of drug-likeness (QED) is 0.572. The first-order valence-electron chi connectivity index (χ1n) is 8.66. The molecule has 26 heavy (non-hydrogen) atoms. The van der Waals surface area contributed by atoms with Gasteiger partial charge in [-0.1, -0.05) is 54.6 Å². The van der Waals surface area contributed by atoms with Gasteiger partial charge in [0.05, 0.1) is 23.9 Å². The Bertz CT molecular complexity index is 978. The van der Waals surface area contributed by atoms with Crippen molar-refractivity contribution >= 4 is 11.0 Å². The molecule has 0 aliphatic carbocycles. The van der Waals surface area contributed by atoms with Crippen molar-refractivity contribution in [3.8, 4) is 16.9 Å². The minimum absolute atomic E-state index is 0.233. The third-order valence-electron chi connectivity index (χ3n) is 4.34. The van der Waals surface area contributed by atoms with Crippen LogP contribution in [0.4, 0.5) is 0 Å².